The van der Waals surface area contributed by atoms with Gasteiger partial charge in [-0.1, -0.05) is 54.0 Å². The van der Waals surface area contributed by atoms with Crippen LogP contribution in [-0.4, -0.2) is 86.3 Å². The van der Waals surface area contributed by atoms with Gasteiger partial charge < -0.3 is 35.2 Å². The van der Waals surface area contributed by atoms with Crippen LogP contribution in [0.1, 0.15) is 79.2 Å². The Morgan fingerprint density at radius 1 is 1.00 bits per heavy atom. The lowest BCUT2D eigenvalue weighted by molar-refractivity contribution is -0.271. The number of imide groups is 1. The van der Waals surface area contributed by atoms with E-state index in [2.05, 4.69) is 26.1 Å². The predicted molar refractivity (Wildman–Crippen MR) is 156 cm³/mol. The molecule has 2 heterocycles. The number of ether oxygens (including phenoxy) is 2. The molecule has 5 N–H and O–H groups in total. The summed E-state index contributed by atoms with van der Waals surface area (Å²) in [5.74, 6) is -2.38. The SMILES string of the molecule is CC(C)(C)Cc1ccc(OC2OC(C(=O)O)C(O)C(O)C2O)c(NC(=O)CCCCCN2C(=O)CC(C(C)(C)C)C2=O)c1. The van der Waals surface area contributed by atoms with Crippen LogP contribution in [0.3, 0.4) is 0 Å². The van der Waals surface area contributed by atoms with Crippen LogP contribution in [0.25, 0.3) is 0 Å². The van der Waals surface area contributed by atoms with Crippen molar-refractivity contribution in [1.29, 1.82) is 0 Å². The van der Waals surface area contributed by atoms with Crippen molar-refractivity contribution >= 4 is 29.4 Å². The minimum absolute atomic E-state index is 0.0632. The van der Waals surface area contributed by atoms with Crippen molar-refractivity contribution in [2.75, 3.05) is 11.9 Å². The number of carbonyl (C=O) groups excluding carboxylic acids is 3. The molecule has 0 radical (unpaired) electrons. The van der Waals surface area contributed by atoms with Gasteiger partial charge >= 0.3 is 5.97 Å². The van der Waals surface area contributed by atoms with E-state index >= 15 is 0 Å². The number of carboxylic acid groups (broad SMARTS) is 1. The zero-order chi connectivity index (χ0) is 32.3. The molecule has 0 spiro atoms. The van der Waals surface area contributed by atoms with Crippen LogP contribution in [0.15, 0.2) is 18.2 Å². The van der Waals surface area contributed by atoms with Gasteiger partial charge in [-0.15, -0.1) is 0 Å². The van der Waals surface area contributed by atoms with E-state index in [0.717, 1.165) is 5.56 Å². The second-order valence-corrected chi connectivity index (χ2v) is 13.8. The maximum atomic E-state index is 12.9. The summed E-state index contributed by atoms with van der Waals surface area (Å²) in [5, 5.41) is 42.7. The first-order valence-electron chi connectivity index (χ1n) is 14.7. The molecule has 1 aromatic rings. The van der Waals surface area contributed by atoms with Crippen molar-refractivity contribution < 1.29 is 49.1 Å². The fourth-order valence-corrected chi connectivity index (χ4v) is 5.31. The number of unbranched alkanes of at least 4 members (excludes halogenated alkanes) is 2. The quantitative estimate of drug-likeness (QED) is 0.185. The molecule has 43 heavy (non-hydrogen) atoms. The van der Waals surface area contributed by atoms with E-state index in [-0.39, 0.29) is 58.7 Å². The average Bonchev–Trinajstić information content (AvgIpc) is 3.17. The molecule has 6 unspecified atom stereocenters. The molecular weight excluding hydrogens is 560 g/mol. The maximum Gasteiger partial charge on any atom is 0.335 e. The lowest BCUT2D eigenvalue weighted by Gasteiger charge is -2.38. The third-order valence-electron chi connectivity index (χ3n) is 7.68. The number of carbonyl (C=O) groups is 4. The van der Waals surface area contributed by atoms with Crippen LogP contribution in [0.4, 0.5) is 5.69 Å². The molecule has 6 atom stereocenters. The number of nitrogens with one attached hydrogen (secondary N) is 1. The van der Waals surface area contributed by atoms with Gasteiger partial charge in [0.25, 0.3) is 0 Å². The first-order chi connectivity index (χ1) is 19.9. The average molecular weight is 607 g/mol. The number of aliphatic hydroxyl groups excluding tert-OH is 3. The standard InChI is InChI=1S/C31H46N2O10/c1-30(2,3)16-17-11-12-20(42-29-25(38)23(36)24(37)26(43-29)28(40)41)19(14-17)32-21(34)10-8-7-9-13-33-22(35)15-18(27(33)39)31(4,5)6/h11-12,14,18,23-26,29,36-38H,7-10,13,15-16H2,1-6H3,(H,32,34)(H,40,41). The van der Waals surface area contributed by atoms with Crippen LogP contribution in [-0.2, 0) is 30.3 Å². The highest BCUT2D eigenvalue weighted by Crippen LogP contribution is 2.36. The first-order valence-corrected chi connectivity index (χ1v) is 14.7. The van der Waals surface area contributed by atoms with E-state index in [1.165, 1.54) is 4.90 Å². The Bertz CT molecular complexity index is 1190. The van der Waals surface area contributed by atoms with Crippen molar-refractivity contribution in [2.45, 2.75) is 111 Å². The van der Waals surface area contributed by atoms with Gasteiger partial charge in [0, 0.05) is 19.4 Å². The highest BCUT2D eigenvalue weighted by molar-refractivity contribution is 6.03. The number of carboxylic acids is 1. The Morgan fingerprint density at radius 3 is 2.26 bits per heavy atom. The number of benzene rings is 1. The van der Waals surface area contributed by atoms with Crippen LogP contribution in [0.2, 0.25) is 0 Å². The monoisotopic (exact) mass is 606 g/mol. The summed E-state index contributed by atoms with van der Waals surface area (Å²) in [4.78, 5) is 50.8. The lowest BCUT2D eigenvalue weighted by Crippen LogP contribution is -2.61. The largest absolute Gasteiger partial charge is 0.479 e. The van der Waals surface area contributed by atoms with Crippen LogP contribution in [0, 0.1) is 16.7 Å². The fourth-order valence-electron chi connectivity index (χ4n) is 5.31. The van der Waals surface area contributed by atoms with Crippen molar-refractivity contribution in [3.63, 3.8) is 0 Å². The molecule has 2 saturated heterocycles. The summed E-state index contributed by atoms with van der Waals surface area (Å²) in [7, 11) is 0. The van der Waals surface area contributed by atoms with Gasteiger partial charge in [0.05, 0.1) is 11.6 Å². The Kier molecular flexibility index (Phi) is 11.0. The molecule has 2 aliphatic heterocycles. The molecule has 1 aromatic carbocycles. The summed E-state index contributed by atoms with van der Waals surface area (Å²) in [6.45, 7) is 12.4. The Morgan fingerprint density at radius 2 is 1.67 bits per heavy atom. The minimum atomic E-state index is -1.86. The Balaban J connectivity index is 1.63. The number of nitrogens with zero attached hydrogens (tertiary/aromatic N) is 1. The molecule has 12 heteroatoms. The van der Waals surface area contributed by atoms with Crippen molar-refractivity contribution in [1.82, 2.24) is 4.90 Å². The minimum Gasteiger partial charge on any atom is -0.479 e. The molecule has 12 nitrogen and oxygen atoms in total. The number of likely N-dealkylation sites (tertiary alicyclic amines) is 1. The summed E-state index contributed by atoms with van der Waals surface area (Å²) in [6, 6.07) is 5.06. The fraction of sp³-hybridized carbons (Fsp3) is 0.677. The summed E-state index contributed by atoms with van der Waals surface area (Å²) < 4.78 is 11.0. The number of anilines is 1. The van der Waals surface area contributed by atoms with Crippen LogP contribution >= 0.6 is 0 Å². The van der Waals surface area contributed by atoms with Crippen molar-refractivity contribution in [3.8, 4) is 5.75 Å². The molecular formula is C31H46N2O10. The van der Waals surface area contributed by atoms with Gasteiger partial charge in [0.1, 0.15) is 24.1 Å². The van der Waals surface area contributed by atoms with E-state index in [9.17, 15) is 39.6 Å². The molecule has 2 fully saturated rings. The number of rotatable bonds is 11. The van der Waals surface area contributed by atoms with E-state index in [0.29, 0.717) is 32.2 Å². The van der Waals surface area contributed by atoms with Gasteiger partial charge in [0.2, 0.25) is 24.0 Å². The van der Waals surface area contributed by atoms with Crippen LogP contribution in [0.5, 0.6) is 5.75 Å². The van der Waals surface area contributed by atoms with Gasteiger partial charge in [-0.2, -0.15) is 0 Å². The summed E-state index contributed by atoms with van der Waals surface area (Å²) in [5.41, 5.74) is 0.822. The molecule has 0 aromatic heterocycles. The molecule has 0 aliphatic carbocycles. The Labute approximate surface area is 252 Å². The van der Waals surface area contributed by atoms with Gasteiger partial charge in [0.15, 0.2) is 6.10 Å². The third-order valence-corrected chi connectivity index (χ3v) is 7.68. The van der Waals surface area contributed by atoms with E-state index in [1.54, 1.807) is 18.2 Å². The normalized spacial score (nSPS) is 26.5. The third kappa shape index (κ3) is 8.98. The Hall–Kier alpha value is -3.06. The second-order valence-electron chi connectivity index (χ2n) is 13.8. The van der Waals surface area contributed by atoms with Crippen molar-refractivity contribution in [2.24, 2.45) is 16.7 Å². The second kappa shape index (κ2) is 13.7. The summed E-state index contributed by atoms with van der Waals surface area (Å²) >= 11 is 0. The van der Waals surface area contributed by atoms with Gasteiger partial charge in [-0.05, 0) is 47.8 Å². The highest BCUT2D eigenvalue weighted by atomic mass is 16.7. The number of hydrogen-bond donors (Lipinski definition) is 5. The highest BCUT2D eigenvalue weighted by Gasteiger charge is 2.48. The first kappa shape index (κ1) is 34.4. The summed E-state index contributed by atoms with van der Waals surface area (Å²) in [6.07, 6.45) is -6.13. The van der Waals surface area contributed by atoms with Crippen molar-refractivity contribution in [3.05, 3.63) is 23.8 Å². The van der Waals surface area contributed by atoms with E-state index < -0.39 is 36.7 Å². The lowest BCUT2D eigenvalue weighted by atomic mass is 9.80. The predicted octanol–water partition coefficient (Wildman–Crippen LogP) is 2.47. The smallest absolute Gasteiger partial charge is 0.335 e. The van der Waals surface area contributed by atoms with E-state index in [4.69, 9.17) is 9.47 Å². The molecule has 3 amide bonds. The number of aliphatic carboxylic acids is 1. The zero-order valence-corrected chi connectivity index (χ0v) is 25.8. The van der Waals surface area contributed by atoms with Gasteiger partial charge in [-0.25, -0.2) is 4.79 Å². The maximum absolute atomic E-state index is 12.9. The molecule has 0 bridgehead atoms. The van der Waals surface area contributed by atoms with Crippen LogP contribution < -0.4 is 10.1 Å². The zero-order valence-electron chi connectivity index (χ0n) is 25.8. The van der Waals surface area contributed by atoms with Gasteiger partial charge in [-0.3, -0.25) is 19.3 Å². The molecule has 3 rings (SSSR count). The van der Waals surface area contributed by atoms with E-state index in [1.807, 2.05) is 20.8 Å². The molecule has 0 saturated carbocycles. The number of hydrogen-bond acceptors (Lipinski definition) is 9. The molecule has 240 valence electrons. The topological polar surface area (TPSA) is 183 Å². The number of aliphatic hydroxyl groups is 3. The molecule has 2 aliphatic rings. The number of amides is 3.